The molecule has 0 aliphatic heterocycles. The van der Waals surface area contributed by atoms with Gasteiger partial charge in [-0.15, -0.1) is 0 Å². The molecule has 0 bridgehead atoms. The molecule has 1 heterocycles. The van der Waals surface area contributed by atoms with E-state index in [1.807, 2.05) is 16.9 Å². The highest BCUT2D eigenvalue weighted by Gasteiger charge is 2.14. The zero-order valence-electron chi connectivity index (χ0n) is 12.0. The van der Waals surface area contributed by atoms with E-state index in [1.54, 1.807) is 0 Å². The Morgan fingerprint density at radius 2 is 1.90 bits per heavy atom. The average Bonchev–Trinajstić information content (AvgIpc) is 2.94. The molecule has 108 valence electrons. The number of fused-ring (bicyclic) bond motifs is 1. The Morgan fingerprint density at radius 1 is 1.14 bits per heavy atom. The Morgan fingerprint density at radius 3 is 2.71 bits per heavy atom. The Bertz CT molecular complexity index is 764. The van der Waals surface area contributed by atoms with Crippen LogP contribution in [0.3, 0.4) is 0 Å². The fraction of sp³-hybridized carbons (Fsp3) is 0.235. The third kappa shape index (κ3) is 2.87. The van der Waals surface area contributed by atoms with Gasteiger partial charge >= 0.3 is 0 Å². The Kier molecular flexibility index (Phi) is 4.08. The summed E-state index contributed by atoms with van der Waals surface area (Å²) in [6.45, 7) is 3.04. The number of rotatable bonds is 4. The molecule has 1 atom stereocenters. The maximum absolute atomic E-state index is 6.44. The molecule has 3 aromatic rings. The summed E-state index contributed by atoms with van der Waals surface area (Å²) >= 11 is 3.50. The molecular formula is C17H18BrN3. The molecule has 3 nitrogen and oxygen atoms in total. The van der Waals surface area contributed by atoms with Crippen LogP contribution in [0.25, 0.3) is 10.8 Å². The smallest absolute Gasteiger partial charge is 0.0723 e. The number of halogens is 1. The van der Waals surface area contributed by atoms with E-state index >= 15 is 0 Å². The predicted molar refractivity (Wildman–Crippen MR) is 90.2 cm³/mol. The lowest BCUT2D eigenvalue weighted by Gasteiger charge is -2.15. The summed E-state index contributed by atoms with van der Waals surface area (Å²) in [4.78, 5) is 0. The van der Waals surface area contributed by atoms with Gasteiger partial charge < -0.3 is 5.73 Å². The van der Waals surface area contributed by atoms with Crippen LogP contribution in [0.15, 0.2) is 53.1 Å². The van der Waals surface area contributed by atoms with Crippen LogP contribution in [-0.4, -0.2) is 9.78 Å². The van der Waals surface area contributed by atoms with Crippen LogP contribution in [0, 0.1) is 0 Å². The zero-order chi connectivity index (χ0) is 14.8. The standard InChI is InChI=1S/C17H18BrN3/c1-2-9-21-16(7-8-20-21)17(19)14-4-3-13-11-15(18)6-5-12(13)10-14/h3-8,10-11,17H,2,9,19H2,1H3. The van der Waals surface area contributed by atoms with Crippen LogP contribution in [0.5, 0.6) is 0 Å². The fourth-order valence-electron chi connectivity index (χ4n) is 2.61. The number of nitrogens with two attached hydrogens (primary N) is 1. The summed E-state index contributed by atoms with van der Waals surface area (Å²) in [5.74, 6) is 0. The second-order valence-corrected chi connectivity index (χ2v) is 6.12. The first-order chi connectivity index (χ1) is 10.2. The van der Waals surface area contributed by atoms with E-state index in [9.17, 15) is 0 Å². The van der Waals surface area contributed by atoms with Crippen molar-refractivity contribution in [1.29, 1.82) is 0 Å². The van der Waals surface area contributed by atoms with Gasteiger partial charge in [-0.25, -0.2) is 0 Å². The van der Waals surface area contributed by atoms with Gasteiger partial charge in [0.25, 0.3) is 0 Å². The van der Waals surface area contributed by atoms with E-state index in [-0.39, 0.29) is 6.04 Å². The number of aryl methyl sites for hydroxylation is 1. The number of hydrogen-bond donors (Lipinski definition) is 1. The summed E-state index contributed by atoms with van der Waals surface area (Å²) in [5, 5.41) is 6.77. The van der Waals surface area contributed by atoms with E-state index in [4.69, 9.17) is 5.73 Å². The highest BCUT2D eigenvalue weighted by atomic mass is 79.9. The minimum Gasteiger partial charge on any atom is -0.319 e. The van der Waals surface area contributed by atoms with Crippen molar-refractivity contribution >= 4 is 26.7 Å². The van der Waals surface area contributed by atoms with E-state index < -0.39 is 0 Å². The minimum absolute atomic E-state index is 0.146. The monoisotopic (exact) mass is 343 g/mol. The van der Waals surface area contributed by atoms with E-state index in [1.165, 1.54) is 10.8 Å². The molecule has 0 spiro atoms. The summed E-state index contributed by atoms with van der Waals surface area (Å²) in [6.07, 6.45) is 2.87. The lowest BCUT2D eigenvalue weighted by atomic mass is 10.0. The van der Waals surface area contributed by atoms with Crippen molar-refractivity contribution < 1.29 is 0 Å². The van der Waals surface area contributed by atoms with Gasteiger partial charge in [-0.3, -0.25) is 4.68 Å². The van der Waals surface area contributed by atoms with Crippen LogP contribution >= 0.6 is 15.9 Å². The second-order valence-electron chi connectivity index (χ2n) is 5.21. The normalized spacial score (nSPS) is 12.7. The van der Waals surface area contributed by atoms with E-state index in [0.29, 0.717) is 0 Å². The molecule has 0 saturated heterocycles. The van der Waals surface area contributed by atoms with Crippen molar-refractivity contribution in [3.8, 4) is 0 Å². The molecular weight excluding hydrogens is 326 g/mol. The topological polar surface area (TPSA) is 43.8 Å². The molecule has 2 aromatic carbocycles. The average molecular weight is 344 g/mol. The van der Waals surface area contributed by atoms with Crippen molar-refractivity contribution in [2.24, 2.45) is 5.73 Å². The third-order valence-corrected chi connectivity index (χ3v) is 4.18. The highest BCUT2D eigenvalue weighted by molar-refractivity contribution is 9.10. The first-order valence-electron chi connectivity index (χ1n) is 7.15. The molecule has 0 aliphatic rings. The van der Waals surface area contributed by atoms with Crippen molar-refractivity contribution in [3.63, 3.8) is 0 Å². The van der Waals surface area contributed by atoms with Crippen LogP contribution in [-0.2, 0) is 6.54 Å². The Hall–Kier alpha value is -1.65. The molecule has 0 amide bonds. The molecule has 2 N–H and O–H groups in total. The number of hydrogen-bond acceptors (Lipinski definition) is 2. The summed E-state index contributed by atoms with van der Waals surface area (Å²) in [6, 6.07) is 14.5. The molecule has 0 fully saturated rings. The molecule has 0 radical (unpaired) electrons. The molecule has 1 unspecified atom stereocenters. The fourth-order valence-corrected chi connectivity index (χ4v) is 2.98. The Labute approximate surface area is 132 Å². The first-order valence-corrected chi connectivity index (χ1v) is 7.95. The minimum atomic E-state index is -0.146. The lowest BCUT2D eigenvalue weighted by Crippen LogP contribution is -2.17. The molecule has 0 aliphatic carbocycles. The Balaban J connectivity index is 1.99. The number of nitrogens with zero attached hydrogens (tertiary/aromatic N) is 2. The maximum Gasteiger partial charge on any atom is 0.0723 e. The zero-order valence-corrected chi connectivity index (χ0v) is 13.5. The number of benzene rings is 2. The molecule has 1 aromatic heterocycles. The summed E-state index contributed by atoms with van der Waals surface area (Å²) < 4.78 is 3.09. The molecule has 21 heavy (non-hydrogen) atoms. The van der Waals surface area contributed by atoms with Crippen LogP contribution in [0.1, 0.15) is 30.6 Å². The quantitative estimate of drug-likeness (QED) is 0.769. The van der Waals surface area contributed by atoms with Crippen molar-refractivity contribution in [2.45, 2.75) is 25.9 Å². The van der Waals surface area contributed by atoms with Gasteiger partial charge in [0.15, 0.2) is 0 Å². The number of aromatic nitrogens is 2. The van der Waals surface area contributed by atoms with Gasteiger partial charge in [-0.2, -0.15) is 5.10 Å². The van der Waals surface area contributed by atoms with Gasteiger partial charge in [0.1, 0.15) is 0 Å². The second kappa shape index (κ2) is 6.00. The van der Waals surface area contributed by atoms with E-state index in [2.05, 4.69) is 64.4 Å². The summed E-state index contributed by atoms with van der Waals surface area (Å²) in [7, 11) is 0. The van der Waals surface area contributed by atoms with Gasteiger partial charge in [-0.1, -0.05) is 41.1 Å². The van der Waals surface area contributed by atoms with Crippen LogP contribution in [0.4, 0.5) is 0 Å². The van der Waals surface area contributed by atoms with Crippen LogP contribution < -0.4 is 5.73 Å². The molecule has 3 rings (SSSR count). The van der Waals surface area contributed by atoms with Gasteiger partial charge in [0, 0.05) is 17.2 Å². The molecule has 0 saturated carbocycles. The third-order valence-electron chi connectivity index (χ3n) is 3.69. The maximum atomic E-state index is 6.44. The highest BCUT2D eigenvalue weighted by Crippen LogP contribution is 2.25. The van der Waals surface area contributed by atoms with E-state index in [0.717, 1.165) is 28.7 Å². The first kappa shape index (κ1) is 14.3. The van der Waals surface area contributed by atoms with Gasteiger partial charge in [0.05, 0.1) is 11.7 Å². The SMILES string of the molecule is CCCn1nccc1C(N)c1ccc2cc(Br)ccc2c1. The van der Waals surface area contributed by atoms with Gasteiger partial charge in [0.2, 0.25) is 0 Å². The van der Waals surface area contributed by atoms with Crippen LogP contribution in [0.2, 0.25) is 0 Å². The van der Waals surface area contributed by atoms with Crippen molar-refractivity contribution in [2.75, 3.05) is 0 Å². The summed E-state index contributed by atoms with van der Waals surface area (Å²) in [5.41, 5.74) is 8.62. The van der Waals surface area contributed by atoms with Crippen molar-refractivity contribution in [1.82, 2.24) is 9.78 Å². The lowest BCUT2D eigenvalue weighted by molar-refractivity contribution is 0.560. The van der Waals surface area contributed by atoms with Gasteiger partial charge in [-0.05, 0) is 47.0 Å². The largest absolute Gasteiger partial charge is 0.319 e. The van der Waals surface area contributed by atoms with Crippen molar-refractivity contribution in [3.05, 3.63) is 64.4 Å². The predicted octanol–water partition coefficient (Wildman–Crippen LogP) is 4.26. The molecule has 4 heteroatoms.